The van der Waals surface area contributed by atoms with Crippen LogP contribution in [0.3, 0.4) is 0 Å². The van der Waals surface area contributed by atoms with Crippen molar-refractivity contribution in [1.82, 2.24) is 0 Å². The zero-order valence-corrected chi connectivity index (χ0v) is 10.4. The lowest BCUT2D eigenvalue weighted by Crippen LogP contribution is -2.23. The highest BCUT2D eigenvalue weighted by atomic mass is 32.1. The highest BCUT2D eigenvalue weighted by Gasteiger charge is 2.12. The third-order valence-corrected chi connectivity index (χ3v) is 3.30. The smallest absolute Gasteiger partial charge is 0.256 e. The van der Waals surface area contributed by atoms with Gasteiger partial charge in [0, 0.05) is 16.0 Å². The van der Waals surface area contributed by atoms with Gasteiger partial charge in [-0.3, -0.25) is 4.79 Å². The summed E-state index contributed by atoms with van der Waals surface area (Å²) in [5, 5.41) is 13.8. The molecule has 1 heterocycles. The number of carboxylic acids is 1. The second-order valence-corrected chi connectivity index (χ2v) is 4.96. The lowest BCUT2D eigenvalue weighted by atomic mass is 10.2. The summed E-state index contributed by atoms with van der Waals surface area (Å²) in [6.07, 6.45) is 0. The summed E-state index contributed by atoms with van der Waals surface area (Å²) >= 11 is 1.21. The molecule has 5 heteroatoms. The zero-order chi connectivity index (χ0) is 13.1. The molecular weight excluding hydrogens is 250 g/mol. The van der Waals surface area contributed by atoms with Crippen LogP contribution in [-0.4, -0.2) is 11.9 Å². The molecule has 0 saturated carbocycles. The van der Waals surface area contributed by atoms with Crippen molar-refractivity contribution in [2.45, 2.75) is 6.92 Å². The second kappa shape index (κ2) is 5.01. The summed E-state index contributed by atoms with van der Waals surface area (Å²) < 4.78 is 0. The van der Waals surface area contributed by atoms with E-state index in [4.69, 9.17) is 0 Å². The number of thiophene rings is 1. The number of aromatic carboxylic acids is 1. The van der Waals surface area contributed by atoms with Crippen LogP contribution in [0.5, 0.6) is 0 Å². The Kier molecular flexibility index (Phi) is 3.43. The third kappa shape index (κ3) is 2.57. The normalized spacial score (nSPS) is 10.1. The van der Waals surface area contributed by atoms with E-state index in [1.165, 1.54) is 17.4 Å². The number of carbonyl (C=O) groups excluding carboxylic acids is 2. The van der Waals surface area contributed by atoms with Gasteiger partial charge in [0.1, 0.15) is 5.00 Å². The number of nitrogens with one attached hydrogen (secondary N) is 1. The topological polar surface area (TPSA) is 69.2 Å². The molecular formula is C13H10NO3S-. The molecule has 1 amide bonds. The van der Waals surface area contributed by atoms with Gasteiger partial charge < -0.3 is 15.2 Å². The molecule has 1 N–H and O–H groups in total. The first kappa shape index (κ1) is 12.3. The van der Waals surface area contributed by atoms with Gasteiger partial charge in [-0.2, -0.15) is 0 Å². The molecule has 1 aromatic heterocycles. The van der Waals surface area contributed by atoms with E-state index in [1.54, 1.807) is 37.3 Å². The summed E-state index contributed by atoms with van der Waals surface area (Å²) in [5.41, 5.74) is 0.495. The number of aryl methyl sites for hydroxylation is 1. The van der Waals surface area contributed by atoms with Crippen LogP contribution in [0.15, 0.2) is 36.4 Å². The Morgan fingerprint density at radius 3 is 2.50 bits per heavy atom. The fourth-order valence-corrected chi connectivity index (χ4v) is 2.42. The molecule has 2 aromatic rings. The van der Waals surface area contributed by atoms with Crippen LogP contribution in [0.2, 0.25) is 0 Å². The molecule has 0 fully saturated rings. The lowest BCUT2D eigenvalue weighted by Gasteiger charge is -2.06. The van der Waals surface area contributed by atoms with Gasteiger partial charge in [0.25, 0.3) is 5.91 Å². The maximum absolute atomic E-state index is 11.9. The predicted octanol–water partition coefficient (Wildman–Crippen LogP) is 1.67. The number of rotatable bonds is 3. The Labute approximate surface area is 108 Å². The van der Waals surface area contributed by atoms with Gasteiger partial charge in [0.05, 0.1) is 5.97 Å². The molecule has 18 heavy (non-hydrogen) atoms. The molecule has 4 nitrogen and oxygen atoms in total. The van der Waals surface area contributed by atoms with Crippen LogP contribution in [-0.2, 0) is 0 Å². The van der Waals surface area contributed by atoms with Gasteiger partial charge in [0.15, 0.2) is 0 Å². The second-order valence-electron chi connectivity index (χ2n) is 3.71. The van der Waals surface area contributed by atoms with E-state index in [1.807, 2.05) is 0 Å². The molecule has 0 spiro atoms. The average molecular weight is 260 g/mol. The molecule has 1 aromatic carbocycles. The van der Waals surface area contributed by atoms with Crippen molar-refractivity contribution in [3.05, 3.63) is 52.4 Å². The van der Waals surface area contributed by atoms with Gasteiger partial charge in [-0.05, 0) is 25.1 Å². The number of anilines is 1. The molecule has 0 aliphatic rings. The van der Waals surface area contributed by atoms with Gasteiger partial charge in [-0.25, -0.2) is 0 Å². The Morgan fingerprint density at radius 1 is 1.22 bits per heavy atom. The van der Waals surface area contributed by atoms with E-state index in [0.29, 0.717) is 10.6 Å². The van der Waals surface area contributed by atoms with Crippen molar-refractivity contribution < 1.29 is 14.7 Å². The third-order valence-electron chi connectivity index (χ3n) is 2.34. The Morgan fingerprint density at radius 2 is 1.89 bits per heavy atom. The number of benzene rings is 1. The zero-order valence-electron chi connectivity index (χ0n) is 9.60. The fourth-order valence-electron chi connectivity index (χ4n) is 1.52. The van der Waals surface area contributed by atoms with Crippen LogP contribution in [0.4, 0.5) is 5.00 Å². The van der Waals surface area contributed by atoms with Crippen LogP contribution in [0.1, 0.15) is 25.6 Å². The van der Waals surface area contributed by atoms with Gasteiger partial charge >= 0.3 is 0 Å². The fraction of sp³-hybridized carbons (Fsp3) is 0.0769. The summed E-state index contributed by atoms with van der Waals surface area (Å²) in [6, 6.07) is 10.1. The molecule has 2 rings (SSSR count). The summed E-state index contributed by atoms with van der Waals surface area (Å²) in [4.78, 5) is 23.6. The van der Waals surface area contributed by atoms with Crippen LogP contribution < -0.4 is 10.4 Å². The molecule has 0 atom stereocenters. The summed E-state index contributed by atoms with van der Waals surface area (Å²) in [6.45, 7) is 1.77. The molecule has 0 aliphatic heterocycles. The van der Waals surface area contributed by atoms with Crippen LogP contribution in [0, 0.1) is 6.92 Å². The number of amides is 1. The Hall–Kier alpha value is -2.14. The van der Waals surface area contributed by atoms with E-state index in [-0.39, 0.29) is 11.5 Å². The van der Waals surface area contributed by atoms with Crippen molar-refractivity contribution >= 4 is 28.2 Å². The number of hydrogen-bond acceptors (Lipinski definition) is 4. The van der Waals surface area contributed by atoms with Gasteiger partial charge in [0.2, 0.25) is 0 Å². The largest absolute Gasteiger partial charge is 0.545 e. The SMILES string of the molecule is Cc1cc(C(=O)[O-])c(NC(=O)c2ccccc2)s1. The van der Waals surface area contributed by atoms with Crippen molar-refractivity contribution in [2.75, 3.05) is 5.32 Å². The van der Waals surface area contributed by atoms with Crippen molar-refractivity contribution in [2.24, 2.45) is 0 Å². The van der Waals surface area contributed by atoms with Crippen LogP contribution in [0.25, 0.3) is 0 Å². The quantitative estimate of drug-likeness (QED) is 0.912. The van der Waals surface area contributed by atoms with Crippen molar-refractivity contribution in [3.8, 4) is 0 Å². The molecule has 0 radical (unpaired) electrons. The van der Waals surface area contributed by atoms with Crippen molar-refractivity contribution in [3.63, 3.8) is 0 Å². The highest BCUT2D eigenvalue weighted by molar-refractivity contribution is 7.16. The number of carboxylic acid groups (broad SMARTS) is 1. The number of hydrogen-bond donors (Lipinski definition) is 1. The standard InChI is InChI=1S/C13H11NO3S/c1-8-7-10(13(16)17)12(18-8)14-11(15)9-5-3-2-4-6-9/h2-7H,1H3,(H,14,15)(H,16,17)/p-1. The molecule has 0 saturated heterocycles. The van der Waals surface area contributed by atoms with Crippen LogP contribution >= 0.6 is 11.3 Å². The number of carbonyl (C=O) groups is 2. The van der Waals surface area contributed by atoms with E-state index >= 15 is 0 Å². The summed E-state index contributed by atoms with van der Waals surface area (Å²) in [7, 11) is 0. The maximum atomic E-state index is 11.9. The lowest BCUT2D eigenvalue weighted by molar-refractivity contribution is -0.254. The van der Waals surface area contributed by atoms with E-state index in [0.717, 1.165) is 4.88 Å². The van der Waals surface area contributed by atoms with Crippen molar-refractivity contribution in [1.29, 1.82) is 0 Å². The summed E-state index contributed by atoms with van der Waals surface area (Å²) in [5.74, 6) is -1.62. The van der Waals surface area contributed by atoms with E-state index in [2.05, 4.69) is 5.32 Å². The predicted molar refractivity (Wildman–Crippen MR) is 67.8 cm³/mol. The van der Waals surface area contributed by atoms with E-state index < -0.39 is 5.97 Å². The first-order valence-corrected chi connectivity index (χ1v) is 6.08. The molecule has 0 unspecified atom stereocenters. The minimum Gasteiger partial charge on any atom is -0.545 e. The van der Waals surface area contributed by atoms with E-state index in [9.17, 15) is 14.7 Å². The average Bonchev–Trinajstić information content (AvgIpc) is 2.71. The minimum atomic E-state index is -1.29. The monoisotopic (exact) mass is 260 g/mol. The Bertz CT molecular complexity index is 590. The first-order chi connectivity index (χ1) is 8.58. The molecule has 92 valence electrons. The Balaban J connectivity index is 2.25. The minimum absolute atomic E-state index is 0.0155. The highest BCUT2D eigenvalue weighted by Crippen LogP contribution is 2.27. The molecule has 0 aliphatic carbocycles. The first-order valence-electron chi connectivity index (χ1n) is 5.26. The maximum Gasteiger partial charge on any atom is 0.256 e. The van der Waals surface area contributed by atoms with Gasteiger partial charge in [-0.15, -0.1) is 11.3 Å². The molecule has 0 bridgehead atoms. The van der Waals surface area contributed by atoms with Gasteiger partial charge in [-0.1, -0.05) is 18.2 Å².